The van der Waals surface area contributed by atoms with Crippen LogP contribution in [-0.4, -0.2) is 16.5 Å². The molecule has 2 aliphatic rings. The third kappa shape index (κ3) is 1.11. The zero-order valence-electron chi connectivity index (χ0n) is 5.73. The summed E-state index contributed by atoms with van der Waals surface area (Å²) < 4.78 is 4.11. The zero-order valence-corrected chi connectivity index (χ0v) is 8.75. The fraction of sp³-hybridized carbons (Fsp3) is 0.429. The third-order valence-corrected chi connectivity index (χ3v) is 3.87. The normalized spacial score (nSPS) is 37.7. The van der Waals surface area contributed by atoms with Crippen molar-refractivity contribution in [1.82, 2.24) is 0 Å². The lowest BCUT2D eigenvalue weighted by atomic mass is 10.2. The van der Waals surface area contributed by atoms with Gasteiger partial charge in [0.05, 0.1) is 10.1 Å². The van der Waals surface area contributed by atoms with Crippen LogP contribution >= 0.6 is 46.4 Å². The van der Waals surface area contributed by atoms with Crippen LogP contribution < -0.4 is 0 Å². The van der Waals surface area contributed by atoms with Crippen molar-refractivity contribution in [1.29, 1.82) is 0 Å². The van der Waals surface area contributed by atoms with Crippen molar-refractivity contribution in [3.05, 3.63) is 22.2 Å². The number of rotatable bonds is 0. The fourth-order valence-electron chi connectivity index (χ4n) is 1.21. The molecule has 0 unspecified atom stereocenters. The lowest BCUT2D eigenvalue weighted by Crippen LogP contribution is -2.37. The van der Waals surface area contributed by atoms with E-state index in [-0.39, 0.29) is 17.2 Å². The smallest absolute Gasteiger partial charge is 0.184 e. The van der Waals surface area contributed by atoms with Gasteiger partial charge in [0.1, 0.15) is 12.2 Å². The zero-order chi connectivity index (χ0) is 8.93. The molecule has 0 fully saturated rings. The van der Waals surface area contributed by atoms with Crippen LogP contribution in [0.4, 0.5) is 0 Å². The van der Waals surface area contributed by atoms with Crippen LogP contribution in [0, 0.1) is 0 Å². The van der Waals surface area contributed by atoms with Crippen LogP contribution in [0.3, 0.4) is 0 Å². The van der Waals surface area contributed by atoms with E-state index in [4.69, 9.17) is 51.1 Å². The van der Waals surface area contributed by atoms with E-state index in [9.17, 15) is 0 Å². The molecule has 2 atom stereocenters. The molecule has 0 N–H and O–H groups in total. The Morgan fingerprint density at radius 2 is 1.92 bits per heavy atom. The van der Waals surface area contributed by atoms with Gasteiger partial charge in [0, 0.05) is 0 Å². The second kappa shape index (κ2) is 2.79. The largest absolute Gasteiger partial charge is 0.358 e. The summed E-state index contributed by atoms with van der Waals surface area (Å²) in [6.45, 7) is 0. The van der Waals surface area contributed by atoms with Crippen LogP contribution in [-0.2, 0) is 4.74 Å². The van der Waals surface area contributed by atoms with Gasteiger partial charge < -0.3 is 4.74 Å². The Kier molecular flexibility index (Phi) is 2.13. The maximum atomic E-state index is 5.93. The standard InChI is InChI=1S/C7H4Cl4O/c8-5-3-1-2-4(12-3)7(10,11)6(5)9/h1-4H/t3-,4+/m1/s1. The van der Waals surface area contributed by atoms with Gasteiger partial charge in [-0.05, 0) is 0 Å². The Balaban J connectivity index is 2.51. The first-order chi connectivity index (χ1) is 5.53. The van der Waals surface area contributed by atoms with Crippen LogP contribution in [0.2, 0.25) is 0 Å². The first kappa shape index (κ1) is 9.17. The maximum absolute atomic E-state index is 5.93. The number of fused-ring (bicyclic) bond motifs is 2. The fourth-order valence-corrected chi connectivity index (χ4v) is 2.25. The maximum Gasteiger partial charge on any atom is 0.184 e. The molecular weight excluding hydrogens is 242 g/mol. The van der Waals surface area contributed by atoms with Crippen molar-refractivity contribution in [3.8, 4) is 0 Å². The predicted molar refractivity (Wildman–Crippen MR) is 51.0 cm³/mol. The van der Waals surface area contributed by atoms with Gasteiger partial charge in [-0.3, -0.25) is 0 Å². The number of hydrogen-bond donors (Lipinski definition) is 0. The van der Waals surface area contributed by atoms with Gasteiger partial charge in [-0.1, -0.05) is 58.6 Å². The summed E-state index contributed by atoms with van der Waals surface area (Å²) in [4.78, 5) is 0. The molecule has 0 aromatic rings. The summed E-state index contributed by atoms with van der Waals surface area (Å²) >= 11 is 23.5. The van der Waals surface area contributed by atoms with Crippen molar-refractivity contribution in [2.45, 2.75) is 16.5 Å². The second-order valence-corrected chi connectivity index (χ2v) is 4.82. The van der Waals surface area contributed by atoms with Gasteiger partial charge in [-0.25, -0.2) is 0 Å². The van der Waals surface area contributed by atoms with Crippen LogP contribution in [0.5, 0.6) is 0 Å². The van der Waals surface area contributed by atoms with Crippen molar-refractivity contribution >= 4 is 46.4 Å². The molecule has 66 valence electrons. The molecule has 2 aliphatic heterocycles. The molecule has 5 heteroatoms. The van der Waals surface area contributed by atoms with Gasteiger partial charge in [0.2, 0.25) is 0 Å². The lowest BCUT2D eigenvalue weighted by Gasteiger charge is -2.31. The van der Waals surface area contributed by atoms with Crippen molar-refractivity contribution in [2.24, 2.45) is 0 Å². The molecule has 0 radical (unpaired) electrons. The highest BCUT2D eigenvalue weighted by atomic mass is 35.5. The average Bonchev–Trinajstić information content (AvgIpc) is 2.46. The second-order valence-electron chi connectivity index (χ2n) is 2.65. The summed E-state index contributed by atoms with van der Waals surface area (Å²) in [6, 6.07) is 0. The minimum atomic E-state index is -1.23. The number of alkyl halides is 2. The van der Waals surface area contributed by atoms with Gasteiger partial charge in [-0.2, -0.15) is 0 Å². The Bertz CT molecular complexity index is 281. The van der Waals surface area contributed by atoms with E-state index in [1.165, 1.54) is 0 Å². The highest BCUT2D eigenvalue weighted by molar-refractivity contribution is 6.58. The molecule has 12 heavy (non-hydrogen) atoms. The van der Waals surface area contributed by atoms with E-state index >= 15 is 0 Å². The molecule has 2 heterocycles. The first-order valence-electron chi connectivity index (χ1n) is 3.30. The summed E-state index contributed by atoms with van der Waals surface area (Å²) in [5.41, 5.74) is 0. The summed E-state index contributed by atoms with van der Waals surface area (Å²) in [5, 5.41) is 0.630. The van der Waals surface area contributed by atoms with Gasteiger partial charge in [0.25, 0.3) is 0 Å². The summed E-state index contributed by atoms with van der Waals surface area (Å²) in [6.07, 6.45) is 2.90. The van der Waals surface area contributed by atoms with E-state index in [0.717, 1.165) is 0 Å². The molecule has 0 aromatic carbocycles. The van der Waals surface area contributed by atoms with Gasteiger partial charge in [-0.15, -0.1) is 0 Å². The topological polar surface area (TPSA) is 9.23 Å². The predicted octanol–water partition coefficient (Wildman–Crippen LogP) is 3.19. The van der Waals surface area contributed by atoms with E-state index < -0.39 is 4.33 Å². The minimum Gasteiger partial charge on any atom is -0.358 e. The van der Waals surface area contributed by atoms with Gasteiger partial charge >= 0.3 is 0 Å². The summed E-state index contributed by atoms with van der Waals surface area (Å²) in [5.74, 6) is 0. The third-order valence-electron chi connectivity index (χ3n) is 1.86. The molecule has 2 rings (SSSR count). The number of halogens is 4. The van der Waals surface area contributed by atoms with E-state index in [1.54, 1.807) is 12.2 Å². The van der Waals surface area contributed by atoms with E-state index in [0.29, 0.717) is 5.03 Å². The summed E-state index contributed by atoms with van der Waals surface area (Å²) in [7, 11) is 0. The molecule has 0 amide bonds. The van der Waals surface area contributed by atoms with Crippen molar-refractivity contribution in [2.75, 3.05) is 0 Å². The molecule has 0 aliphatic carbocycles. The average molecular weight is 246 g/mol. The lowest BCUT2D eigenvalue weighted by molar-refractivity contribution is 0.0704. The number of ether oxygens (including phenoxy) is 1. The molecule has 1 nitrogen and oxygen atoms in total. The van der Waals surface area contributed by atoms with Crippen LogP contribution in [0.25, 0.3) is 0 Å². The SMILES string of the molecule is ClC1=C(Cl)C(Cl)(Cl)[C@@H]2C=C[C@H]1O2. The molecular formula is C7H4Cl4O. The van der Waals surface area contributed by atoms with E-state index in [2.05, 4.69) is 0 Å². The van der Waals surface area contributed by atoms with Crippen LogP contribution in [0.1, 0.15) is 0 Å². The molecule has 2 bridgehead atoms. The molecule has 0 saturated carbocycles. The Morgan fingerprint density at radius 1 is 1.25 bits per heavy atom. The van der Waals surface area contributed by atoms with Crippen molar-refractivity contribution in [3.63, 3.8) is 0 Å². The van der Waals surface area contributed by atoms with Gasteiger partial charge in [0.15, 0.2) is 4.33 Å². The monoisotopic (exact) mass is 244 g/mol. The Labute approximate surface area is 89.9 Å². The highest BCUT2D eigenvalue weighted by Gasteiger charge is 2.47. The number of hydrogen-bond acceptors (Lipinski definition) is 1. The van der Waals surface area contributed by atoms with Crippen molar-refractivity contribution < 1.29 is 4.74 Å². The first-order valence-corrected chi connectivity index (χ1v) is 4.82. The quantitative estimate of drug-likeness (QED) is 0.471. The highest BCUT2D eigenvalue weighted by Crippen LogP contribution is 2.48. The Morgan fingerprint density at radius 3 is 2.58 bits per heavy atom. The van der Waals surface area contributed by atoms with Crippen LogP contribution in [0.15, 0.2) is 22.2 Å². The minimum absolute atomic E-state index is 0.263. The Hall–Kier alpha value is 0.600. The molecule has 0 aromatic heterocycles. The molecule has 0 spiro atoms. The molecule has 0 saturated heterocycles. The van der Waals surface area contributed by atoms with E-state index in [1.807, 2.05) is 0 Å².